The number of rotatable bonds is 4. The Balaban J connectivity index is 2.57. The number of aromatic amines is 1. The highest BCUT2D eigenvalue weighted by atomic mass is 35.5. The van der Waals surface area contributed by atoms with Gasteiger partial charge in [0, 0.05) is 6.07 Å². The number of carbonyl (C=O) groups is 1. The summed E-state index contributed by atoms with van der Waals surface area (Å²) in [6.07, 6.45) is 1.00. The number of ether oxygens (including phenoxy) is 1. The van der Waals surface area contributed by atoms with Crippen molar-refractivity contribution in [3.63, 3.8) is 0 Å². The zero-order valence-corrected chi connectivity index (χ0v) is 10.8. The summed E-state index contributed by atoms with van der Waals surface area (Å²) in [6.45, 7) is 0. The average Bonchev–Trinajstić information content (AvgIpc) is 2.43. The van der Waals surface area contributed by atoms with Gasteiger partial charge in [-0.15, -0.1) is 0 Å². The Bertz CT molecular complexity index is 788. The van der Waals surface area contributed by atoms with Crippen LogP contribution in [-0.4, -0.2) is 26.0 Å². The van der Waals surface area contributed by atoms with E-state index in [-0.39, 0.29) is 11.6 Å². The largest absolute Gasteiger partial charge is 0.477 e. The maximum absolute atomic E-state index is 11.3. The van der Waals surface area contributed by atoms with Gasteiger partial charge in [0.25, 0.3) is 11.2 Å². The van der Waals surface area contributed by atoms with E-state index >= 15 is 0 Å². The van der Waals surface area contributed by atoms with E-state index in [1.165, 1.54) is 12.1 Å². The van der Waals surface area contributed by atoms with Gasteiger partial charge in [-0.1, -0.05) is 17.7 Å². The summed E-state index contributed by atoms with van der Waals surface area (Å²) in [4.78, 5) is 38.3. The molecule has 0 saturated carbocycles. The summed E-state index contributed by atoms with van der Waals surface area (Å²) >= 11 is 5.66. The van der Waals surface area contributed by atoms with Crippen LogP contribution in [-0.2, 0) is 0 Å². The van der Waals surface area contributed by atoms with Gasteiger partial charge in [0.1, 0.15) is 0 Å². The zero-order valence-electron chi connectivity index (χ0n) is 10.1. The molecule has 0 unspecified atom stereocenters. The smallest absolute Gasteiger partial charge is 0.346 e. The van der Waals surface area contributed by atoms with Gasteiger partial charge in [0.15, 0.2) is 16.3 Å². The standard InChI is InChI=1S/C11H6ClN3O6/c12-8-9(16)13-4-14-10(8)21-6-3-1-2-5(15(19)20)7(6)11(17)18/h1-4H,(H,17,18)(H,13,14,16). The average molecular weight is 312 g/mol. The Morgan fingerprint density at radius 2 is 2.19 bits per heavy atom. The number of carboxylic acids is 1. The molecule has 21 heavy (non-hydrogen) atoms. The molecule has 2 aromatic rings. The lowest BCUT2D eigenvalue weighted by atomic mass is 10.1. The van der Waals surface area contributed by atoms with Crippen LogP contribution in [0, 0.1) is 10.1 Å². The SMILES string of the molecule is O=C(O)c1c(Oc2nc[nH]c(=O)c2Cl)cccc1[N+](=O)[O-]. The van der Waals surface area contributed by atoms with E-state index in [1.807, 2.05) is 0 Å². The van der Waals surface area contributed by atoms with E-state index < -0.39 is 32.7 Å². The Labute approximate surface area is 120 Å². The highest BCUT2D eigenvalue weighted by Crippen LogP contribution is 2.32. The van der Waals surface area contributed by atoms with Gasteiger partial charge >= 0.3 is 5.97 Å². The second-order valence-electron chi connectivity index (χ2n) is 3.67. The maximum Gasteiger partial charge on any atom is 0.346 e. The van der Waals surface area contributed by atoms with Crippen LogP contribution in [0.15, 0.2) is 29.3 Å². The van der Waals surface area contributed by atoms with E-state index in [0.717, 1.165) is 12.4 Å². The fraction of sp³-hybridized carbons (Fsp3) is 0. The first-order valence-electron chi connectivity index (χ1n) is 5.33. The summed E-state index contributed by atoms with van der Waals surface area (Å²) in [7, 11) is 0. The number of benzene rings is 1. The number of nitro benzene ring substituents is 1. The van der Waals surface area contributed by atoms with Crippen LogP contribution in [0.1, 0.15) is 10.4 Å². The lowest BCUT2D eigenvalue weighted by Gasteiger charge is -2.08. The second-order valence-corrected chi connectivity index (χ2v) is 4.04. The molecule has 1 aromatic carbocycles. The third-order valence-corrected chi connectivity index (χ3v) is 2.72. The van der Waals surface area contributed by atoms with Gasteiger partial charge in [-0.05, 0) is 6.07 Å². The molecule has 0 radical (unpaired) electrons. The number of halogens is 1. The first-order valence-corrected chi connectivity index (χ1v) is 5.71. The van der Waals surface area contributed by atoms with Crippen LogP contribution in [0.25, 0.3) is 0 Å². The highest BCUT2D eigenvalue weighted by Gasteiger charge is 2.25. The zero-order chi connectivity index (χ0) is 15.6. The van der Waals surface area contributed by atoms with Crippen molar-refractivity contribution in [1.29, 1.82) is 0 Å². The van der Waals surface area contributed by atoms with Crippen LogP contribution >= 0.6 is 11.6 Å². The molecule has 0 amide bonds. The first kappa shape index (κ1) is 14.5. The minimum atomic E-state index is -1.56. The van der Waals surface area contributed by atoms with Gasteiger partial charge in [-0.2, -0.15) is 0 Å². The van der Waals surface area contributed by atoms with Crippen LogP contribution in [0.4, 0.5) is 5.69 Å². The molecule has 9 nitrogen and oxygen atoms in total. The fourth-order valence-electron chi connectivity index (χ4n) is 1.51. The summed E-state index contributed by atoms with van der Waals surface area (Å²) < 4.78 is 5.12. The van der Waals surface area contributed by atoms with Crippen LogP contribution < -0.4 is 10.3 Å². The number of H-pyrrole nitrogens is 1. The summed E-state index contributed by atoms with van der Waals surface area (Å²) in [5, 5.41) is 19.5. The molecular weight excluding hydrogens is 306 g/mol. The molecule has 0 aliphatic carbocycles. The van der Waals surface area contributed by atoms with Crippen LogP contribution in [0.5, 0.6) is 11.6 Å². The number of hydrogen-bond acceptors (Lipinski definition) is 6. The molecule has 0 bridgehead atoms. The molecule has 0 aliphatic rings. The number of carboxylic acid groups (broad SMARTS) is 1. The van der Waals surface area contributed by atoms with Gasteiger partial charge in [0.2, 0.25) is 5.88 Å². The fourth-order valence-corrected chi connectivity index (χ4v) is 1.66. The van der Waals surface area contributed by atoms with E-state index in [0.29, 0.717) is 0 Å². The monoisotopic (exact) mass is 311 g/mol. The number of nitro groups is 1. The summed E-state index contributed by atoms with van der Waals surface area (Å²) in [5.74, 6) is -2.27. The molecule has 2 N–H and O–H groups in total. The number of nitrogens with one attached hydrogen (secondary N) is 1. The first-order chi connectivity index (χ1) is 9.91. The Morgan fingerprint density at radius 3 is 2.81 bits per heavy atom. The highest BCUT2D eigenvalue weighted by molar-refractivity contribution is 6.31. The molecule has 10 heteroatoms. The molecule has 2 rings (SSSR count). The van der Waals surface area contributed by atoms with E-state index in [4.69, 9.17) is 21.4 Å². The van der Waals surface area contributed by atoms with E-state index in [9.17, 15) is 19.7 Å². The molecule has 0 saturated heterocycles. The molecular formula is C11H6ClN3O6. The van der Waals surface area contributed by atoms with Crippen molar-refractivity contribution in [2.75, 3.05) is 0 Å². The lowest BCUT2D eigenvalue weighted by Crippen LogP contribution is -2.09. The molecule has 1 heterocycles. The predicted molar refractivity (Wildman–Crippen MR) is 70.0 cm³/mol. The lowest BCUT2D eigenvalue weighted by molar-refractivity contribution is -0.385. The van der Waals surface area contributed by atoms with Gasteiger partial charge in [-0.3, -0.25) is 14.9 Å². The number of nitrogens with zero attached hydrogens (tertiary/aromatic N) is 2. The van der Waals surface area contributed by atoms with Crippen molar-refractivity contribution >= 4 is 23.3 Å². The van der Waals surface area contributed by atoms with Crippen molar-refractivity contribution in [1.82, 2.24) is 9.97 Å². The van der Waals surface area contributed by atoms with Crippen molar-refractivity contribution in [3.8, 4) is 11.6 Å². The number of hydrogen-bond donors (Lipinski definition) is 2. The quantitative estimate of drug-likeness (QED) is 0.649. The summed E-state index contributed by atoms with van der Waals surface area (Å²) in [5.41, 5.74) is -2.01. The van der Waals surface area contributed by atoms with Crippen LogP contribution in [0.2, 0.25) is 5.02 Å². The Kier molecular flexibility index (Phi) is 3.85. The molecule has 0 fully saturated rings. The maximum atomic E-state index is 11.3. The molecule has 0 spiro atoms. The molecule has 108 valence electrons. The van der Waals surface area contributed by atoms with Crippen molar-refractivity contribution in [2.24, 2.45) is 0 Å². The normalized spacial score (nSPS) is 10.1. The predicted octanol–water partition coefficient (Wildman–Crippen LogP) is 1.82. The van der Waals surface area contributed by atoms with E-state index in [1.54, 1.807) is 0 Å². The van der Waals surface area contributed by atoms with Crippen molar-refractivity contribution in [2.45, 2.75) is 0 Å². The van der Waals surface area contributed by atoms with Crippen molar-refractivity contribution < 1.29 is 19.6 Å². The Hall–Kier alpha value is -2.94. The van der Waals surface area contributed by atoms with Gasteiger partial charge in [0.05, 0.1) is 11.3 Å². The third kappa shape index (κ3) is 2.82. The molecule has 1 aromatic heterocycles. The van der Waals surface area contributed by atoms with Crippen molar-refractivity contribution in [3.05, 3.63) is 55.6 Å². The minimum Gasteiger partial charge on any atom is -0.477 e. The Morgan fingerprint density at radius 1 is 1.48 bits per heavy atom. The second kappa shape index (κ2) is 5.59. The van der Waals surface area contributed by atoms with E-state index in [2.05, 4.69) is 9.97 Å². The third-order valence-electron chi connectivity index (χ3n) is 2.39. The van der Waals surface area contributed by atoms with Crippen LogP contribution in [0.3, 0.4) is 0 Å². The molecule has 0 atom stereocenters. The number of aromatic nitrogens is 2. The summed E-state index contributed by atoms with van der Waals surface area (Å²) in [6, 6.07) is 3.44. The van der Waals surface area contributed by atoms with Gasteiger partial charge < -0.3 is 14.8 Å². The van der Waals surface area contributed by atoms with Gasteiger partial charge in [-0.25, -0.2) is 9.78 Å². The minimum absolute atomic E-state index is 0.350. The topological polar surface area (TPSA) is 135 Å². The number of aromatic carboxylic acids is 1. The molecule has 0 aliphatic heterocycles.